The highest BCUT2D eigenvalue weighted by Crippen LogP contribution is 2.66. The molecule has 2 heteroatoms. The maximum Gasteiger partial charge on any atom is 0.0780 e. The third-order valence-corrected chi connectivity index (χ3v) is 8.66. The van der Waals surface area contributed by atoms with E-state index in [1.165, 1.54) is 25.7 Å². The molecule has 22 heavy (non-hydrogen) atoms. The van der Waals surface area contributed by atoms with Crippen molar-refractivity contribution in [2.75, 3.05) is 0 Å². The SMILES string of the molecule is C[C@@H]1C=C[C@H](O)[C@@]2(C)[C@@H]1CC[C@@H]1[C@@H]2CC[C@]2(C)C(O)CC[C@@H]12. The van der Waals surface area contributed by atoms with Crippen LogP contribution in [0, 0.1) is 40.4 Å². The van der Waals surface area contributed by atoms with E-state index < -0.39 is 0 Å². The lowest BCUT2D eigenvalue weighted by atomic mass is 9.44. The summed E-state index contributed by atoms with van der Waals surface area (Å²) < 4.78 is 0. The number of rotatable bonds is 0. The van der Waals surface area contributed by atoms with Crippen LogP contribution in [0.4, 0.5) is 0 Å². The summed E-state index contributed by atoms with van der Waals surface area (Å²) in [6.07, 6.45) is 11.0. The lowest BCUT2D eigenvalue weighted by Gasteiger charge is -2.61. The predicted octanol–water partition coefficient (Wildman–Crippen LogP) is 3.77. The Morgan fingerprint density at radius 3 is 2.36 bits per heavy atom. The number of hydrogen-bond donors (Lipinski definition) is 2. The van der Waals surface area contributed by atoms with Gasteiger partial charge in [-0.1, -0.05) is 32.9 Å². The van der Waals surface area contributed by atoms with Crippen LogP contribution in [0.5, 0.6) is 0 Å². The highest BCUT2D eigenvalue weighted by atomic mass is 16.3. The molecule has 0 amide bonds. The third kappa shape index (κ3) is 1.74. The molecule has 2 N–H and O–H groups in total. The van der Waals surface area contributed by atoms with E-state index in [1.807, 2.05) is 0 Å². The molecular formula is C20H32O2. The first-order valence-electron chi connectivity index (χ1n) is 9.43. The topological polar surface area (TPSA) is 40.5 Å². The Balaban J connectivity index is 1.70. The van der Waals surface area contributed by atoms with Crippen molar-refractivity contribution in [1.29, 1.82) is 0 Å². The fourth-order valence-corrected chi connectivity index (χ4v) is 7.28. The van der Waals surface area contributed by atoms with Crippen LogP contribution in [0.3, 0.4) is 0 Å². The quantitative estimate of drug-likeness (QED) is 0.669. The molecule has 3 saturated carbocycles. The minimum atomic E-state index is -0.280. The Hall–Kier alpha value is -0.340. The summed E-state index contributed by atoms with van der Waals surface area (Å²) in [5.74, 6) is 3.25. The first-order valence-corrected chi connectivity index (χ1v) is 9.43. The van der Waals surface area contributed by atoms with Crippen LogP contribution in [-0.4, -0.2) is 22.4 Å². The van der Waals surface area contributed by atoms with E-state index in [0.29, 0.717) is 29.6 Å². The second-order valence-electron chi connectivity index (χ2n) is 9.25. The second kappa shape index (κ2) is 4.83. The molecule has 4 rings (SSSR count). The van der Waals surface area contributed by atoms with Gasteiger partial charge in [0, 0.05) is 5.41 Å². The molecule has 0 aromatic heterocycles. The molecule has 3 fully saturated rings. The molecule has 0 aromatic rings. The van der Waals surface area contributed by atoms with Crippen molar-refractivity contribution < 1.29 is 10.2 Å². The minimum absolute atomic E-state index is 0.0476. The van der Waals surface area contributed by atoms with Gasteiger partial charge < -0.3 is 10.2 Å². The van der Waals surface area contributed by atoms with Crippen molar-refractivity contribution >= 4 is 0 Å². The van der Waals surface area contributed by atoms with Crippen LogP contribution in [-0.2, 0) is 0 Å². The van der Waals surface area contributed by atoms with Gasteiger partial charge in [-0.25, -0.2) is 0 Å². The smallest absolute Gasteiger partial charge is 0.0780 e. The van der Waals surface area contributed by atoms with E-state index in [2.05, 4.69) is 32.9 Å². The molecule has 0 radical (unpaired) electrons. The van der Waals surface area contributed by atoms with Gasteiger partial charge in [-0.2, -0.15) is 0 Å². The standard InChI is InChI=1S/C20H32O2/c1-12-4-8-18(22)20(3)14(12)6-5-13-15-7-9-17(21)19(15,2)11-10-16(13)20/h4,8,12-18,21-22H,5-7,9-11H2,1-3H3/t12-,13+,14-,15+,16+,17?,18+,19+,20+/m1/s1. The fraction of sp³-hybridized carbons (Fsp3) is 0.900. The molecule has 0 spiro atoms. The van der Waals surface area contributed by atoms with Gasteiger partial charge in [-0.15, -0.1) is 0 Å². The van der Waals surface area contributed by atoms with Crippen LogP contribution in [0.1, 0.15) is 59.3 Å². The summed E-state index contributed by atoms with van der Waals surface area (Å²) in [7, 11) is 0. The van der Waals surface area contributed by atoms with E-state index in [9.17, 15) is 10.2 Å². The Morgan fingerprint density at radius 1 is 0.864 bits per heavy atom. The van der Waals surface area contributed by atoms with Gasteiger partial charge in [0.05, 0.1) is 12.2 Å². The molecule has 0 heterocycles. The van der Waals surface area contributed by atoms with Crippen LogP contribution in [0.25, 0.3) is 0 Å². The first-order chi connectivity index (χ1) is 10.4. The number of aliphatic hydroxyl groups is 2. The Kier molecular flexibility index (Phi) is 3.34. The first kappa shape index (κ1) is 15.2. The average molecular weight is 304 g/mol. The van der Waals surface area contributed by atoms with Crippen molar-refractivity contribution in [3.8, 4) is 0 Å². The molecule has 9 atom stereocenters. The van der Waals surface area contributed by atoms with Crippen molar-refractivity contribution in [1.82, 2.24) is 0 Å². The van der Waals surface area contributed by atoms with Gasteiger partial charge in [0.1, 0.15) is 0 Å². The van der Waals surface area contributed by atoms with E-state index in [-0.39, 0.29) is 23.0 Å². The maximum atomic E-state index is 10.8. The minimum Gasteiger partial charge on any atom is -0.393 e. The van der Waals surface area contributed by atoms with Gasteiger partial charge in [0.15, 0.2) is 0 Å². The van der Waals surface area contributed by atoms with E-state index in [4.69, 9.17) is 0 Å². The lowest BCUT2D eigenvalue weighted by molar-refractivity contribution is -0.151. The van der Waals surface area contributed by atoms with E-state index in [0.717, 1.165) is 12.8 Å². The summed E-state index contributed by atoms with van der Waals surface area (Å²) in [6.45, 7) is 7.03. The van der Waals surface area contributed by atoms with Crippen molar-refractivity contribution in [2.24, 2.45) is 40.4 Å². The lowest BCUT2D eigenvalue weighted by Crippen LogP contribution is -2.58. The molecule has 0 saturated heterocycles. The molecule has 4 aliphatic carbocycles. The molecule has 124 valence electrons. The summed E-state index contributed by atoms with van der Waals surface area (Å²) in [5, 5.41) is 21.3. The molecule has 0 bridgehead atoms. The number of fused-ring (bicyclic) bond motifs is 5. The molecule has 4 aliphatic rings. The second-order valence-corrected chi connectivity index (χ2v) is 9.25. The zero-order valence-electron chi connectivity index (χ0n) is 14.3. The van der Waals surface area contributed by atoms with Gasteiger partial charge in [-0.3, -0.25) is 0 Å². The van der Waals surface area contributed by atoms with Crippen molar-refractivity contribution in [3.63, 3.8) is 0 Å². The van der Waals surface area contributed by atoms with Crippen LogP contribution < -0.4 is 0 Å². The highest BCUT2D eigenvalue weighted by molar-refractivity contribution is 5.17. The van der Waals surface area contributed by atoms with Gasteiger partial charge >= 0.3 is 0 Å². The van der Waals surface area contributed by atoms with Crippen LogP contribution in [0.2, 0.25) is 0 Å². The largest absolute Gasteiger partial charge is 0.393 e. The van der Waals surface area contributed by atoms with E-state index >= 15 is 0 Å². The number of aliphatic hydroxyl groups excluding tert-OH is 2. The molecule has 2 nitrogen and oxygen atoms in total. The summed E-state index contributed by atoms with van der Waals surface area (Å²) in [6, 6.07) is 0. The fourth-order valence-electron chi connectivity index (χ4n) is 7.28. The van der Waals surface area contributed by atoms with Crippen LogP contribution >= 0.6 is 0 Å². The predicted molar refractivity (Wildman–Crippen MR) is 88.2 cm³/mol. The maximum absolute atomic E-state index is 10.8. The summed E-state index contributed by atoms with van der Waals surface area (Å²) in [4.78, 5) is 0. The Bertz CT molecular complexity index is 486. The van der Waals surface area contributed by atoms with Crippen molar-refractivity contribution in [3.05, 3.63) is 12.2 Å². The Morgan fingerprint density at radius 2 is 1.59 bits per heavy atom. The van der Waals surface area contributed by atoms with Crippen molar-refractivity contribution in [2.45, 2.75) is 71.5 Å². The summed E-state index contributed by atoms with van der Waals surface area (Å²) in [5.41, 5.74) is 0.192. The molecule has 0 aliphatic heterocycles. The zero-order chi connectivity index (χ0) is 15.7. The average Bonchev–Trinajstić information content (AvgIpc) is 2.79. The van der Waals surface area contributed by atoms with Crippen LogP contribution in [0.15, 0.2) is 12.2 Å². The number of hydrogen-bond acceptors (Lipinski definition) is 2. The zero-order valence-corrected chi connectivity index (χ0v) is 14.3. The number of allylic oxidation sites excluding steroid dienone is 1. The monoisotopic (exact) mass is 304 g/mol. The third-order valence-electron chi connectivity index (χ3n) is 8.66. The summed E-state index contributed by atoms with van der Waals surface area (Å²) >= 11 is 0. The van der Waals surface area contributed by atoms with Gasteiger partial charge in [-0.05, 0) is 73.5 Å². The normalized spacial score (nSPS) is 60.5. The Labute approximate surface area is 135 Å². The van der Waals surface area contributed by atoms with Gasteiger partial charge in [0.2, 0.25) is 0 Å². The van der Waals surface area contributed by atoms with E-state index in [1.54, 1.807) is 0 Å². The molecule has 0 aromatic carbocycles. The van der Waals surface area contributed by atoms with Gasteiger partial charge in [0.25, 0.3) is 0 Å². The highest BCUT2D eigenvalue weighted by Gasteiger charge is 2.61. The molecule has 1 unspecified atom stereocenters. The molecular weight excluding hydrogens is 272 g/mol.